The van der Waals surface area contributed by atoms with E-state index in [1.54, 1.807) is 29.6 Å². The Kier molecular flexibility index (Phi) is 10.5. The lowest BCUT2D eigenvalue weighted by molar-refractivity contribution is -0.135. The average molecular weight is 752 g/mol. The molecule has 2 saturated heterocycles. The second kappa shape index (κ2) is 15.8. The number of nitrogens with zero attached hydrogens (tertiary/aromatic N) is 6. The smallest absolute Gasteiger partial charge is 0.329 e. The average Bonchev–Trinajstić information content (AvgIpc) is 3.79. The van der Waals surface area contributed by atoms with Gasteiger partial charge in [0.05, 0.1) is 11.0 Å². The number of rotatable bonds is 12. The van der Waals surface area contributed by atoms with Crippen LogP contribution in [0.5, 0.6) is 5.75 Å². The number of imide groups is 1. The number of nitrogens with one attached hydrogen (secondary N) is 3. The standard InChI is InChI=1S/C39H45N9O5S/c1-45-35-25(6-4-11-31(35)48(39(45)52)32-13-14-33(49)43-37(32)51)23-40-18-21-53-29-9-5-10-30(22-29)54-46-19-16-27(17-20-46)42-38-41-24-26-12-15-34(50)47(36(26)44-38)28-7-2-3-8-28/h4-6,9-12,15,22,24,27-28,32,40H,2-3,7-8,13-14,16-21,23H2,1H3,(H,41,42,44)(H,43,49,51). The first-order chi connectivity index (χ1) is 26.3. The van der Waals surface area contributed by atoms with Gasteiger partial charge in [-0.1, -0.05) is 31.0 Å². The molecule has 1 unspecified atom stereocenters. The molecular formula is C39H45N9O5S. The van der Waals surface area contributed by atoms with Crippen LogP contribution in [0.1, 0.15) is 69.0 Å². The molecule has 2 aromatic carbocycles. The minimum atomic E-state index is -0.714. The first-order valence-electron chi connectivity index (χ1n) is 18.9. The molecular weight excluding hydrogens is 707 g/mol. The Morgan fingerprint density at radius 1 is 0.944 bits per heavy atom. The Bertz CT molecular complexity index is 2310. The predicted molar refractivity (Wildman–Crippen MR) is 208 cm³/mol. The van der Waals surface area contributed by atoms with E-state index in [1.807, 2.05) is 47.2 Å². The lowest BCUT2D eigenvalue weighted by atomic mass is 10.1. The summed E-state index contributed by atoms with van der Waals surface area (Å²) in [6.07, 6.45) is 8.55. The van der Waals surface area contributed by atoms with Gasteiger partial charge in [-0.05, 0) is 79.9 Å². The van der Waals surface area contributed by atoms with E-state index in [0.717, 1.165) is 84.4 Å². The SMILES string of the molecule is Cn1c(=O)n(C2CCC(=O)NC2=O)c2cccc(CNCCOc3cccc(SN4CCC(Nc5ncc6ccc(=O)n(C7CCCC7)c6n5)CC4)c3)c21. The van der Waals surface area contributed by atoms with Crippen LogP contribution in [-0.2, 0) is 23.2 Å². The second-order valence-corrected chi connectivity index (χ2v) is 15.5. The fourth-order valence-corrected chi connectivity index (χ4v) is 9.02. The minimum absolute atomic E-state index is 0.0111. The van der Waals surface area contributed by atoms with E-state index in [2.05, 4.69) is 37.4 Å². The zero-order valence-corrected chi connectivity index (χ0v) is 31.1. The predicted octanol–water partition coefficient (Wildman–Crippen LogP) is 4.29. The molecule has 1 aliphatic carbocycles. The maximum Gasteiger partial charge on any atom is 0.329 e. The van der Waals surface area contributed by atoms with Crippen LogP contribution in [0.15, 0.2) is 75.3 Å². The fourth-order valence-electron chi connectivity index (χ4n) is 8.02. The highest BCUT2D eigenvalue weighted by Crippen LogP contribution is 2.32. The van der Waals surface area contributed by atoms with Gasteiger partial charge in [0.1, 0.15) is 24.0 Å². The quantitative estimate of drug-likeness (QED) is 0.0950. The first kappa shape index (κ1) is 36.0. The Morgan fingerprint density at radius 2 is 1.76 bits per heavy atom. The van der Waals surface area contributed by atoms with Crippen LogP contribution in [0, 0.1) is 0 Å². The third kappa shape index (κ3) is 7.52. The third-order valence-corrected chi connectivity index (χ3v) is 11.8. The van der Waals surface area contributed by atoms with E-state index >= 15 is 0 Å². The second-order valence-electron chi connectivity index (χ2n) is 14.4. The number of aromatic nitrogens is 5. The number of hydrogen-bond donors (Lipinski definition) is 3. The molecule has 282 valence electrons. The van der Waals surface area contributed by atoms with Crippen LogP contribution in [-0.4, -0.2) is 72.1 Å². The normalized spacial score (nSPS) is 18.8. The van der Waals surface area contributed by atoms with E-state index in [1.165, 1.54) is 4.57 Å². The molecule has 15 heteroatoms. The molecule has 0 spiro atoms. The molecule has 3 aromatic heterocycles. The number of amides is 2. The molecule has 8 rings (SSSR count). The van der Waals surface area contributed by atoms with Gasteiger partial charge < -0.3 is 15.4 Å². The molecule has 2 aliphatic heterocycles. The summed E-state index contributed by atoms with van der Waals surface area (Å²) in [5.74, 6) is 0.628. The van der Waals surface area contributed by atoms with Crippen molar-refractivity contribution in [2.45, 2.75) is 80.9 Å². The number of anilines is 1. The van der Waals surface area contributed by atoms with Crippen molar-refractivity contribution in [3.05, 3.63) is 87.2 Å². The van der Waals surface area contributed by atoms with Gasteiger partial charge >= 0.3 is 5.69 Å². The van der Waals surface area contributed by atoms with Gasteiger partial charge in [0.25, 0.3) is 5.56 Å². The zero-order valence-electron chi connectivity index (χ0n) is 30.3. The van der Waals surface area contributed by atoms with Crippen LogP contribution >= 0.6 is 11.9 Å². The number of carbonyl (C=O) groups excluding carboxylic acids is 2. The molecule has 1 saturated carbocycles. The van der Waals surface area contributed by atoms with Gasteiger partial charge in [0, 0.05) is 74.3 Å². The first-order valence-corrected chi connectivity index (χ1v) is 19.6. The van der Waals surface area contributed by atoms with E-state index in [9.17, 15) is 19.2 Å². The number of para-hydroxylation sites is 1. The number of aryl methyl sites for hydroxylation is 1. The number of fused-ring (bicyclic) bond motifs is 2. The molecule has 1 atom stereocenters. The number of ether oxygens (including phenoxy) is 1. The van der Waals surface area contributed by atoms with Crippen LogP contribution in [0.25, 0.3) is 22.1 Å². The highest BCUT2D eigenvalue weighted by Gasteiger charge is 2.31. The van der Waals surface area contributed by atoms with E-state index in [4.69, 9.17) is 9.72 Å². The molecule has 5 heterocycles. The van der Waals surface area contributed by atoms with Crippen molar-refractivity contribution in [3.8, 4) is 5.75 Å². The van der Waals surface area contributed by atoms with Crippen LogP contribution < -0.4 is 31.9 Å². The summed E-state index contributed by atoms with van der Waals surface area (Å²) in [6, 6.07) is 17.0. The van der Waals surface area contributed by atoms with Crippen molar-refractivity contribution >= 4 is 51.8 Å². The Labute approximate surface area is 316 Å². The lowest BCUT2D eigenvalue weighted by Gasteiger charge is -2.31. The molecule has 0 radical (unpaired) electrons. The summed E-state index contributed by atoms with van der Waals surface area (Å²) in [7, 11) is 1.71. The summed E-state index contributed by atoms with van der Waals surface area (Å²) in [6.45, 7) is 3.39. The molecule has 14 nitrogen and oxygen atoms in total. The Morgan fingerprint density at radius 3 is 2.57 bits per heavy atom. The molecule has 2 amide bonds. The molecule has 3 fully saturated rings. The number of carbonyl (C=O) groups is 2. The number of pyridine rings is 1. The molecule has 3 N–H and O–H groups in total. The summed E-state index contributed by atoms with van der Waals surface area (Å²) >= 11 is 1.73. The molecule has 3 aliphatic rings. The number of piperidine rings is 2. The summed E-state index contributed by atoms with van der Waals surface area (Å²) in [5.41, 5.74) is 2.83. The molecule has 54 heavy (non-hydrogen) atoms. The number of benzene rings is 2. The number of imidazole rings is 1. The summed E-state index contributed by atoms with van der Waals surface area (Å²) < 4.78 is 13.4. The Hall–Kier alpha value is -4.99. The maximum atomic E-state index is 13.2. The van der Waals surface area contributed by atoms with Gasteiger partial charge in [-0.15, -0.1) is 0 Å². The third-order valence-electron chi connectivity index (χ3n) is 10.8. The number of hydrogen-bond acceptors (Lipinski definition) is 11. The summed E-state index contributed by atoms with van der Waals surface area (Å²) in [4.78, 5) is 60.8. The van der Waals surface area contributed by atoms with Gasteiger partial charge in [0.2, 0.25) is 17.8 Å². The van der Waals surface area contributed by atoms with Crippen molar-refractivity contribution < 1.29 is 14.3 Å². The highest BCUT2D eigenvalue weighted by atomic mass is 32.2. The van der Waals surface area contributed by atoms with Crippen LogP contribution in [0.4, 0.5) is 5.95 Å². The van der Waals surface area contributed by atoms with Crippen molar-refractivity contribution in [2.24, 2.45) is 7.05 Å². The zero-order chi connectivity index (χ0) is 37.2. The van der Waals surface area contributed by atoms with E-state index < -0.39 is 11.9 Å². The topological polar surface area (TPSA) is 157 Å². The molecule has 5 aromatic rings. The van der Waals surface area contributed by atoms with Crippen molar-refractivity contribution in [2.75, 3.05) is 31.6 Å². The lowest BCUT2D eigenvalue weighted by Crippen LogP contribution is -2.44. The monoisotopic (exact) mass is 751 g/mol. The fraction of sp³-hybridized carbons (Fsp3) is 0.436. The summed E-state index contributed by atoms with van der Waals surface area (Å²) in [5, 5.41) is 10.2. The Balaban J connectivity index is 0.813. The highest BCUT2D eigenvalue weighted by molar-refractivity contribution is 7.97. The van der Waals surface area contributed by atoms with Crippen molar-refractivity contribution in [3.63, 3.8) is 0 Å². The van der Waals surface area contributed by atoms with Crippen LogP contribution in [0.2, 0.25) is 0 Å². The van der Waals surface area contributed by atoms with Crippen molar-refractivity contribution in [1.29, 1.82) is 0 Å². The maximum absolute atomic E-state index is 13.2. The van der Waals surface area contributed by atoms with Gasteiger partial charge in [-0.25, -0.2) is 14.1 Å². The van der Waals surface area contributed by atoms with Gasteiger partial charge in [-0.2, -0.15) is 4.98 Å². The molecule has 0 bridgehead atoms. The minimum Gasteiger partial charge on any atom is -0.492 e. The van der Waals surface area contributed by atoms with Crippen LogP contribution in [0.3, 0.4) is 0 Å². The van der Waals surface area contributed by atoms with Gasteiger partial charge in [-0.3, -0.25) is 33.4 Å². The van der Waals surface area contributed by atoms with Crippen molar-refractivity contribution in [1.82, 2.24) is 38.6 Å². The largest absolute Gasteiger partial charge is 0.492 e. The van der Waals surface area contributed by atoms with E-state index in [0.29, 0.717) is 37.6 Å². The van der Waals surface area contributed by atoms with E-state index in [-0.39, 0.29) is 35.7 Å². The van der Waals surface area contributed by atoms with Gasteiger partial charge in [0.15, 0.2) is 0 Å².